The van der Waals surface area contributed by atoms with Crippen LogP contribution in [0.3, 0.4) is 0 Å². The molecule has 2 rings (SSSR count). The van der Waals surface area contributed by atoms with Crippen LogP contribution in [0.25, 0.3) is 0 Å². The largest absolute Gasteiger partial charge is 0.496 e. The summed E-state index contributed by atoms with van der Waals surface area (Å²) in [6.07, 6.45) is 1.99. The molecule has 132 valence electrons. The third kappa shape index (κ3) is 4.21. The summed E-state index contributed by atoms with van der Waals surface area (Å²) in [4.78, 5) is 22.8. The normalized spacial score (nSPS) is 17.4. The molecule has 1 aliphatic rings. The van der Waals surface area contributed by atoms with Gasteiger partial charge in [0.15, 0.2) is 16.8 Å². The Morgan fingerprint density at radius 1 is 1.32 bits per heavy atom. The summed E-state index contributed by atoms with van der Waals surface area (Å²) in [5.41, 5.74) is -0.122. The Balaban J connectivity index is 2.20. The van der Waals surface area contributed by atoms with Crippen molar-refractivity contribution in [1.82, 2.24) is 5.32 Å². The van der Waals surface area contributed by atoms with Crippen LogP contribution in [0.1, 0.15) is 11.1 Å². The predicted molar refractivity (Wildman–Crippen MR) is 88.5 cm³/mol. The fourth-order valence-electron chi connectivity index (χ4n) is 1.80. The molecule has 0 radical (unpaired) electrons. The van der Waals surface area contributed by atoms with Crippen LogP contribution in [-0.4, -0.2) is 37.5 Å². The number of carbonyl (C=O) groups is 2. The Morgan fingerprint density at radius 3 is 2.68 bits per heavy atom. The molecule has 1 aliphatic heterocycles. The van der Waals surface area contributed by atoms with E-state index in [1.807, 2.05) is 0 Å². The quantitative estimate of drug-likeness (QED) is 0.379. The number of hydrogen-bond acceptors (Lipinski definition) is 7. The molecule has 25 heavy (non-hydrogen) atoms. The van der Waals surface area contributed by atoms with Crippen molar-refractivity contribution in [2.24, 2.45) is 10.2 Å². The Hall–Kier alpha value is -2.75. The molecule has 0 atom stereocenters. The zero-order chi connectivity index (χ0) is 18.6. The van der Waals surface area contributed by atoms with Crippen molar-refractivity contribution >= 4 is 35.0 Å². The van der Waals surface area contributed by atoms with E-state index in [1.165, 1.54) is 27.2 Å². The number of thioether (sulfide) groups is 1. The van der Waals surface area contributed by atoms with Gasteiger partial charge in [0.25, 0.3) is 5.91 Å². The summed E-state index contributed by atoms with van der Waals surface area (Å²) in [5.74, 6) is -3.19. The van der Waals surface area contributed by atoms with E-state index in [0.717, 1.165) is 24.1 Å². The van der Waals surface area contributed by atoms with Crippen LogP contribution in [0.2, 0.25) is 0 Å². The van der Waals surface area contributed by atoms with Gasteiger partial charge in [-0.2, -0.15) is 5.10 Å². The molecule has 7 nitrogen and oxygen atoms in total. The minimum absolute atomic E-state index is 0.0414. The molecule has 1 aromatic rings. The highest BCUT2D eigenvalue weighted by Crippen LogP contribution is 2.26. The third-order valence-electron chi connectivity index (χ3n) is 3.10. The number of carbonyl (C=O) groups excluding carboxylic acids is 2. The minimum atomic E-state index is -1.09. The fourth-order valence-corrected chi connectivity index (χ4v) is 2.54. The second kappa shape index (κ2) is 7.88. The number of halogens is 2. The third-order valence-corrected chi connectivity index (χ3v) is 4.00. The molecule has 1 amide bonds. The van der Waals surface area contributed by atoms with Gasteiger partial charge >= 0.3 is 5.97 Å². The Morgan fingerprint density at radius 2 is 2.04 bits per heavy atom. The molecule has 0 aromatic heterocycles. The van der Waals surface area contributed by atoms with Crippen LogP contribution in [0, 0.1) is 18.6 Å². The molecule has 1 N–H and O–H groups in total. The van der Waals surface area contributed by atoms with E-state index >= 15 is 0 Å². The minimum Gasteiger partial charge on any atom is -0.496 e. The van der Waals surface area contributed by atoms with Crippen LogP contribution in [0.15, 0.2) is 27.3 Å². The van der Waals surface area contributed by atoms with Crippen LogP contribution in [0.5, 0.6) is 5.75 Å². The maximum atomic E-state index is 13.9. The Kier molecular flexibility index (Phi) is 5.86. The lowest BCUT2D eigenvalue weighted by atomic mass is 10.1. The van der Waals surface area contributed by atoms with E-state index in [0.29, 0.717) is 0 Å². The highest BCUT2D eigenvalue weighted by molar-refractivity contribution is 8.18. The maximum Gasteiger partial charge on any atom is 0.331 e. The number of esters is 1. The molecule has 0 aliphatic carbocycles. The van der Waals surface area contributed by atoms with Crippen molar-refractivity contribution in [3.8, 4) is 5.75 Å². The average Bonchev–Trinajstić information content (AvgIpc) is 2.94. The first-order valence-electron chi connectivity index (χ1n) is 6.79. The standard InChI is InChI=1S/C15H13F2N3O4S/c1-7-9(23-2)4-8(13(17)12(7)16)6-18-20-15-19-14(22)10(25-15)5-11(21)24-3/h4-6H,1-3H3,(H,19,20,22)/b10-5+,18-6?. The second-order valence-electron chi connectivity index (χ2n) is 4.66. The van der Waals surface area contributed by atoms with Gasteiger partial charge in [-0.1, -0.05) is 0 Å². The van der Waals surface area contributed by atoms with E-state index in [1.54, 1.807) is 0 Å². The second-order valence-corrected chi connectivity index (χ2v) is 5.69. The number of rotatable bonds is 4. The zero-order valence-electron chi connectivity index (χ0n) is 13.4. The van der Waals surface area contributed by atoms with Crippen molar-refractivity contribution in [3.63, 3.8) is 0 Å². The molecule has 0 saturated carbocycles. The lowest BCUT2D eigenvalue weighted by molar-refractivity contribution is -0.135. The molecule has 0 bridgehead atoms. The SMILES string of the molecule is COC(=O)/C=C1/S/C(=N\N=Cc2cc(OC)c(C)c(F)c2F)NC1=O. The summed E-state index contributed by atoms with van der Waals surface area (Å²) < 4.78 is 37.0. The van der Waals surface area contributed by atoms with Crippen molar-refractivity contribution in [2.45, 2.75) is 6.92 Å². The van der Waals surface area contributed by atoms with Gasteiger partial charge in [-0.15, -0.1) is 5.10 Å². The zero-order valence-corrected chi connectivity index (χ0v) is 14.2. The van der Waals surface area contributed by atoms with Gasteiger partial charge in [0.05, 0.1) is 25.3 Å². The number of benzene rings is 1. The molecule has 0 spiro atoms. The molecule has 1 fully saturated rings. The Labute approximate surface area is 145 Å². The van der Waals surface area contributed by atoms with Gasteiger partial charge in [-0.25, -0.2) is 13.6 Å². The lowest BCUT2D eigenvalue weighted by Crippen LogP contribution is -2.19. The van der Waals surface area contributed by atoms with Crippen LogP contribution >= 0.6 is 11.8 Å². The summed E-state index contributed by atoms with van der Waals surface area (Å²) in [6.45, 7) is 1.39. The van der Waals surface area contributed by atoms with Gasteiger partial charge in [0.2, 0.25) is 0 Å². The molecular weight excluding hydrogens is 356 g/mol. The molecule has 1 aromatic carbocycles. The van der Waals surface area contributed by atoms with Gasteiger partial charge in [0, 0.05) is 17.2 Å². The van der Waals surface area contributed by atoms with Crippen LogP contribution in [0.4, 0.5) is 8.78 Å². The van der Waals surface area contributed by atoms with Crippen molar-refractivity contribution in [2.75, 3.05) is 14.2 Å². The number of methoxy groups -OCH3 is 2. The number of nitrogens with zero attached hydrogens (tertiary/aromatic N) is 2. The summed E-state index contributed by atoms with van der Waals surface area (Å²) >= 11 is 0.858. The number of hydrogen-bond donors (Lipinski definition) is 1. The van der Waals surface area contributed by atoms with E-state index in [9.17, 15) is 18.4 Å². The van der Waals surface area contributed by atoms with Crippen LogP contribution in [-0.2, 0) is 14.3 Å². The lowest BCUT2D eigenvalue weighted by Gasteiger charge is -2.07. The monoisotopic (exact) mass is 369 g/mol. The summed E-state index contributed by atoms with van der Waals surface area (Å²) in [6, 6.07) is 1.28. The van der Waals surface area contributed by atoms with Gasteiger partial charge in [-0.3, -0.25) is 10.1 Å². The molecule has 10 heteroatoms. The van der Waals surface area contributed by atoms with Crippen molar-refractivity contribution < 1.29 is 27.8 Å². The number of nitrogens with one attached hydrogen (secondary N) is 1. The molecule has 1 heterocycles. The van der Waals surface area contributed by atoms with Crippen LogP contribution < -0.4 is 10.1 Å². The molecule has 1 saturated heterocycles. The van der Waals surface area contributed by atoms with Crippen molar-refractivity contribution in [3.05, 3.63) is 39.8 Å². The highest BCUT2D eigenvalue weighted by atomic mass is 32.2. The molecular formula is C15H13F2N3O4S. The number of amidine groups is 1. The van der Waals surface area contributed by atoms with E-state index < -0.39 is 23.5 Å². The van der Waals surface area contributed by atoms with Crippen molar-refractivity contribution in [1.29, 1.82) is 0 Å². The number of amides is 1. The average molecular weight is 369 g/mol. The van der Waals surface area contributed by atoms with Gasteiger partial charge < -0.3 is 9.47 Å². The topological polar surface area (TPSA) is 89.3 Å². The van der Waals surface area contributed by atoms with E-state index in [-0.39, 0.29) is 26.9 Å². The van der Waals surface area contributed by atoms with E-state index in [2.05, 4.69) is 20.3 Å². The predicted octanol–water partition coefficient (Wildman–Crippen LogP) is 1.89. The fraction of sp³-hybridized carbons (Fsp3) is 0.200. The smallest absolute Gasteiger partial charge is 0.331 e. The molecule has 0 unspecified atom stereocenters. The maximum absolute atomic E-state index is 13.9. The first-order valence-corrected chi connectivity index (χ1v) is 7.61. The van der Waals surface area contributed by atoms with Gasteiger partial charge in [0.1, 0.15) is 5.75 Å². The first kappa shape index (κ1) is 18.6. The van der Waals surface area contributed by atoms with E-state index in [4.69, 9.17) is 4.74 Å². The summed E-state index contributed by atoms with van der Waals surface area (Å²) in [5, 5.41) is 9.76. The first-order chi connectivity index (χ1) is 11.9. The summed E-state index contributed by atoms with van der Waals surface area (Å²) in [7, 11) is 2.51. The highest BCUT2D eigenvalue weighted by Gasteiger charge is 2.25. The Bertz CT molecular complexity index is 821. The number of ether oxygens (including phenoxy) is 2. The van der Waals surface area contributed by atoms with Gasteiger partial charge in [-0.05, 0) is 24.8 Å².